The zero-order chi connectivity index (χ0) is 10.7. The van der Waals surface area contributed by atoms with E-state index in [2.05, 4.69) is 18.7 Å². The van der Waals surface area contributed by atoms with E-state index in [0.717, 1.165) is 12.0 Å². The SMILES string of the molecule is C=C(C)C1C(=O)C2C3C=CC(C3)C2C1=O. The van der Waals surface area contributed by atoms with Crippen molar-refractivity contribution in [2.24, 2.45) is 29.6 Å². The summed E-state index contributed by atoms with van der Waals surface area (Å²) < 4.78 is 0. The van der Waals surface area contributed by atoms with Crippen molar-refractivity contribution in [2.45, 2.75) is 13.3 Å². The first-order valence-corrected chi connectivity index (χ1v) is 5.52. The van der Waals surface area contributed by atoms with Crippen molar-refractivity contribution in [3.05, 3.63) is 24.3 Å². The molecule has 4 atom stereocenters. The fraction of sp³-hybridized carbons (Fsp3) is 0.538. The van der Waals surface area contributed by atoms with Crippen molar-refractivity contribution < 1.29 is 9.59 Å². The molecular formula is C13H14O2. The lowest BCUT2D eigenvalue weighted by Crippen LogP contribution is -2.21. The van der Waals surface area contributed by atoms with Crippen LogP contribution in [0.4, 0.5) is 0 Å². The van der Waals surface area contributed by atoms with Gasteiger partial charge in [0.2, 0.25) is 0 Å². The minimum atomic E-state index is -0.495. The predicted octanol–water partition coefficient (Wildman–Crippen LogP) is 1.77. The fourth-order valence-corrected chi connectivity index (χ4v) is 3.61. The summed E-state index contributed by atoms with van der Waals surface area (Å²) in [5, 5.41) is 0. The van der Waals surface area contributed by atoms with Gasteiger partial charge in [0.05, 0.1) is 5.92 Å². The maximum Gasteiger partial charge on any atom is 0.151 e. The Morgan fingerprint density at radius 3 is 2.07 bits per heavy atom. The standard InChI is InChI=1S/C13H14O2/c1-6(2)9-12(14)10-7-3-4-8(5-7)11(10)13(9)15/h3-4,7-11H,1,5H2,2H3. The number of fused-ring (bicyclic) bond motifs is 5. The monoisotopic (exact) mass is 202 g/mol. The van der Waals surface area contributed by atoms with Crippen molar-refractivity contribution >= 4 is 11.6 Å². The van der Waals surface area contributed by atoms with Gasteiger partial charge >= 0.3 is 0 Å². The Bertz CT molecular complexity index is 375. The van der Waals surface area contributed by atoms with E-state index in [1.807, 2.05) is 0 Å². The molecule has 0 amide bonds. The van der Waals surface area contributed by atoms with Crippen molar-refractivity contribution in [3.63, 3.8) is 0 Å². The van der Waals surface area contributed by atoms with Crippen LogP contribution >= 0.6 is 0 Å². The zero-order valence-electron chi connectivity index (χ0n) is 8.77. The Labute approximate surface area is 89.0 Å². The van der Waals surface area contributed by atoms with Crippen molar-refractivity contribution in [1.82, 2.24) is 0 Å². The average molecular weight is 202 g/mol. The lowest BCUT2D eigenvalue weighted by atomic mass is 9.85. The van der Waals surface area contributed by atoms with E-state index in [1.165, 1.54) is 0 Å². The Kier molecular flexibility index (Phi) is 1.63. The van der Waals surface area contributed by atoms with Gasteiger partial charge in [0, 0.05) is 11.8 Å². The molecule has 2 heteroatoms. The Morgan fingerprint density at radius 2 is 1.67 bits per heavy atom. The molecule has 0 saturated heterocycles. The number of allylic oxidation sites excluding steroid dienone is 3. The highest BCUT2D eigenvalue weighted by atomic mass is 16.2. The molecule has 0 radical (unpaired) electrons. The Balaban J connectivity index is 2.03. The summed E-state index contributed by atoms with van der Waals surface area (Å²) in [5.41, 5.74) is 0.721. The summed E-state index contributed by atoms with van der Waals surface area (Å²) in [5.74, 6) is 0.402. The lowest BCUT2D eigenvalue weighted by molar-refractivity contribution is -0.127. The molecule has 0 N–H and O–H groups in total. The maximum absolute atomic E-state index is 12.1. The third-order valence-electron chi connectivity index (χ3n) is 4.18. The van der Waals surface area contributed by atoms with E-state index < -0.39 is 5.92 Å². The van der Waals surface area contributed by atoms with Gasteiger partial charge in [0.25, 0.3) is 0 Å². The quantitative estimate of drug-likeness (QED) is 0.479. The second kappa shape index (κ2) is 2.69. The van der Waals surface area contributed by atoms with E-state index in [9.17, 15) is 9.59 Å². The van der Waals surface area contributed by atoms with Gasteiger partial charge in [-0.3, -0.25) is 9.59 Å². The zero-order valence-corrected chi connectivity index (χ0v) is 8.77. The molecule has 3 aliphatic carbocycles. The smallest absolute Gasteiger partial charge is 0.151 e. The van der Waals surface area contributed by atoms with Crippen LogP contribution in [0, 0.1) is 29.6 Å². The molecule has 2 bridgehead atoms. The summed E-state index contributed by atoms with van der Waals surface area (Å²) in [7, 11) is 0. The third kappa shape index (κ3) is 0.947. The lowest BCUT2D eigenvalue weighted by Gasteiger charge is -2.16. The number of ketones is 2. The van der Waals surface area contributed by atoms with E-state index in [0.29, 0.717) is 11.8 Å². The van der Waals surface area contributed by atoms with E-state index in [1.54, 1.807) is 6.92 Å². The summed E-state index contributed by atoms with van der Waals surface area (Å²) in [6, 6.07) is 0. The van der Waals surface area contributed by atoms with Crippen LogP contribution in [0.1, 0.15) is 13.3 Å². The van der Waals surface area contributed by atoms with E-state index in [-0.39, 0.29) is 23.4 Å². The second-order valence-corrected chi connectivity index (χ2v) is 5.08. The third-order valence-corrected chi connectivity index (χ3v) is 4.18. The van der Waals surface area contributed by atoms with Gasteiger partial charge in [-0.2, -0.15) is 0 Å². The van der Waals surface area contributed by atoms with Gasteiger partial charge in [-0.25, -0.2) is 0 Å². The second-order valence-electron chi connectivity index (χ2n) is 5.08. The van der Waals surface area contributed by atoms with Crippen LogP contribution in [-0.4, -0.2) is 11.6 Å². The summed E-state index contributed by atoms with van der Waals surface area (Å²) in [6.45, 7) is 5.56. The fourth-order valence-electron chi connectivity index (χ4n) is 3.61. The van der Waals surface area contributed by atoms with Gasteiger partial charge in [-0.15, -0.1) is 0 Å². The first kappa shape index (κ1) is 9.08. The van der Waals surface area contributed by atoms with Crippen LogP contribution in [0.3, 0.4) is 0 Å². The highest BCUT2D eigenvalue weighted by molar-refractivity contribution is 6.14. The first-order valence-electron chi connectivity index (χ1n) is 5.52. The topological polar surface area (TPSA) is 34.1 Å². The van der Waals surface area contributed by atoms with Gasteiger partial charge in [0.1, 0.15) is 0 Å². The minimum Gasteiger partial charge on any atom is -0.298 e. The van der Waals surface area contributed by atoms with Crippen molar-refractivity contribution in [2.75, 3.05) is 0 Å². The predicted molar refractivity (Wildman–Crippen MR) is 56.0 cm³/mol. The number of rotatable bonds is 1. The van der Waals surface area contributed by atoms with Crippen LogP contribution in [0.2, 0.25) is 0 Å². The number of carbonyl (C=O) groups excluding carboxylic acids is 2. The molecule has 3 rings (SSSR count). The largest absolute Gasteiger partial charge is 0.298 e. The molecule has 0 aromatic carbocycles. The molecule has 0 aromatic heterocycles. The minimum absolute atomic E-state index is 0.0193. The molecule has 2 saturated carbocycles. The molecule has 0 aliphatic heterocycles. The van der Waals surface area contributed by atoms with Crippen LogP contribution < -0.4 is 0 Å². The van der Waals surface area contributed by atoms with Crippen molar-refractivity contribution in [3.8, 4) is 0 Å². The van der Waals surface area contributed by atoms with Crippen LogP contribution in [-0.2, 0) is 9.59 Å². The highest BCUT2D eigenvalue weighted by Gasteiger charge is 2.59. The molecule has 0 aromatic rings. The van der Waals surface area contributed by atoms with E-state index >= 15 is 0 Å². The van der Waals surface area contributed by atoms with Crippen molar-refractivity contribution in [1.29, 1.82) is 0 Å². The van der Waals surface area contributed by atoms with Crippen LogP contribution in [0.25, 0.3) is 0 Å². The molecule has 0 spiro atoms. The van der Waals surface area contributed by atoms with Gasteiger partial charge in [-0.05, 0) is 25.2 Å². The Morgan fingerprint density at radius 1 is 1.20 bits per heavy atom. The number of carbonyl (C=O) groups is 2. The summed E-state index contributed by atoms with van der Waals surface area (Å²) in [4.78, 5) is 24.2. The first-order chi connectivity index (χ1) is 7.11. The molecule has 3 aliphatic rings. The molecule has 2 fully saturated rings. The molecule has 0 heterocycles. The molecule has 2 nitrogen and oxygen atoms in total. The van der Waals surface area contributed by atoms with Gasteiger partial charge < -0.3 is 0 Å². The number of hydrogen-bond acceptors (Lipinski definition) is 2. The molecule has 15 heavy (non-hydrogen) atoms. The maximum atomic E-state index is 12.1. The van der Waals surface area contributed by atoms with Gasteiger partial charge in [-0.1, -0.05) is 24.3 Å². The molecular weight excluding hydrogens is 188 g/mol. The number of hydrogen-bond donors (Lipinski definition) is 0. The number of Topliss-reactive ketones (excluding diaryl/α,β-unsaturated/α-hetero) is 2. The Hall–Kier alpha value is -1.18. The summed E-state index contributed by atoms with van der Waals surface area (Å²) >= 11 is 0. The van der Waals surface area contributed by atoms with Gasteiger partial charge in [0.15, 0.2) is 11.6 Å². The molecule has 4 unspecified atom stereocenters. The van der Waals surface area contributed by atoms with Crippen LogP contribution in [0.15, 0.2) is 24.3 Å². The highest BCUT2D eigenvalue weighted by Crippen LogP contribution is 2.54. The summed E-state index contributed by atoms with van der Waals surface area (Å²) in [6.07, 6.45) is 5.26. The molecule has 78 valence electrons. The average Bonchev–Trinajstić information content (AvgIpc) is 2.79. The van der Waals surface area contributed by atoms with E-state index in [4.69, 9.17) is 0 Å². The normalized spacial score (nSPS) is 46.3. The van der Waals surface area contributed by atoms with Crippen LogP contribution in [0.5, 0.6) is 0 Å².